The fraction of sp³-hybridized carbons (Fsp3) is 0.308. The van der Waals surface area contributed by atoms with E-state index in [1.807, 2.05) is 18.2 Å². The van der Waals surface area contributed by atoms with Crippen LogP contribution in [0.3, 0.4) is 0 Å². The van der Waals surface area contributed by atoms with Crippen LogP contribution in [0.4, 0.5) is 5.69 Å². The molecular weight excluding hydrogens is 228 g/mol. The molecular formula is C13H18N4O. The smallest absolute Gasteiger partial charge is 0.119 e. The Morgan fingerprint density at radius 2 is 2.33 bits per heavy atom. The van der Waals surface area contributed by atoms with Crippen molar-refractivity contribution in [3.05, 3.63) is 41.7 Å². The standard InChI is InChI=1S/C13H18N4O/c1-18-11-4-2-3-10(7-11)8-12-13(9-16-17-12)15-6-5-14/h2-4,7,9,15H,5-6,8,14H2,1H3,(H,16,17). The maximum absolute atomic E-state index is 5.48. The number of anilines is 1. The number of nitrogens with zero attached hydrogens (tertiary/aromatic N) is 1. The second-order valence-electron chi connectivity index (χ2n) is 4.01. The average Bonchev–Trinajstić information content (AvgIpc) is 2.84. The molecule has 1 aromatic heterocycles. The molecule has 4 N–H and O–H groups in total. The van der Waals surface area contributed by atoms with E-state index in [0.717, 1.165) is 30.1 Å². The third-order valence-corrected chi connectivity index (χ3v) is 2.69. The van der Waals surface area contributed by atoms with Crippen molar-refractivity contribution in [1.29, 1.82) is 0 Å². The molecule has 2 aromatic rings. The molecule has 0 spiro atoms. The topological polar surface area (TPSA) is 76.0 Å². The molecule has 0 aliphatic heterocycles. The van der Waals surface area contributed by atoms with Gasteiger partial charge in [-0.15, -0.1) is 0 Å². The van der Waals surface area contributed by atoms with Crippen molar-refractivity contribution in [2.75, 3.05) is 25.5 Å². The van der Waals surface area contributed by atoms with E-state index in [-0.39, 0.29) is 0 Å². The first-order valence-corrected chi connectivity index (χ1v) is 5.92. The molecule has 5 heteroatoms. The average molecular weight is 246 g/mol. The van der Waals surface area contributed by atoms with E-state index in [1.165, 1.54) is 5.56 Å². The van der Waals surface area contributed by atoms with Gasteiger partial charge in [-0.25, -0.2) is 0 Å². The molecule has 0 amide bonds. The normalized spacial score (nSPS) is 10.3. The number of benzene rings is 1. The van der Waals surface area contributed by atoms with E-state index in [1.54, 1.807) is 13.3 Å². The molecule has 0 unspecified atom stereocenters. The molecule has 1 heterocycles. The van der Waals surface area contributed by atoms with E-state index in [4.69, 9.17) is 10.5 Å². The minimum Gasteiger partial charge on any atom is -0.497 e. The van der Waals surface area contributed by atoms with Crippen molar-refractivity contribution < 1.29 is 4.74 Å². The van der Waals surface area contributed by atoms with Gasteiger partial charge in [0.2, 0.25) is 0 Å². The van der Waals surface area contributed by atoms with Gasteiger partial charge in [0.1, 0.15) is 5.75 Å². The molecule has 0 saturated carbocycles. The zero-order valence-corrected chi connectivity index (χ0v) is 10.4. The lowest BCUT2D eigenvalue weighted by Crippen LogP contribution is -2.13. The predicted octanol–water partition coefficient (Wildman–Crippen LogP) is 1.38. The molecule has 0 fully saturated rings. The first kappa shape index (κ1) is 12.4. The van der Waals surface area contributed by atoms with Gasteiger partial charge in [-0.05, 0) is 17.7 Å². The number of nitrogens with two attached hydrogens (primary N) is 1. The Kier molecular flexibility index (Phi) is 4.20. The largest absolute Gasteiger partial charge is 0.497 e. The van der Waals surface area contributed by atoms with E-state index in [9.17, 15) is 0 Å². The summed E-state index contributed by atoms with van der Waals surface area (Å²) in [5.74, 6) is 0.864. The van der Waals surface area contributed by atoms with Crippen molar-refractivity contribution in [1.82, 2.24) is 10.2 Å². The fourth-order valence-corrected chi connectivity index (χ4v) is 1.79. The van der Waals surface area contributed by atoms with Crippen LogP contribution in [0.5, 0.6) is 5.75 Å². The van der Waals surface area contributed by atoms with Crippen LogP contribution in [0, 0.1) is 0 Å². The Labute approximate surface area is 106 Å². The third kappa shape index (κ3) is 3.01. The second kappa shape index (κ2) is 6.07. The van der Waals surface area contributed by atoms with E-state index in [2.05, 4.69) is 21.6 Å². The minimum absolute atomic E-state index is 0.601. The number of rotatable bonds is 6. The van der Waals surface area contributed by atoms with Gasteiger partial charge in [0, 0.05) is 19.5 Å². The lowest BCUT2D eigenvalue weighted by molar-refractivity contribution is 0.414. The van der Waals surface area contributed by atoms with E-state index in [0.29, 0.717) is 6.54 Å². The first-order chi connectivity index (χ1) is 8.83. The van der Waals surface area contributed by atoms with Gasteiger partial charge in [0.25, 0.3) is 0 Å². The summed E-state index contributed by atoms with van der Waals surface area (Å²) in [6.07, 6.45) is 2.56. The molecule has 0 aliphatic rings. The highest BCUT2D eigenvalue weighted by molar-refractivity contribution is 5.48. The SMILES string of the molecule is COc1cccc(Cc2[nH]ncc2NCCN)c1. The van der Waals surface area contributed by atoms with Crippen molar-refractivity contribution in [3.8, 4) is 5.75 Å². The van der Waals surface area contributed by atoms with Gasteiger partial charge < -0.3 is 15.8 Å². The number of H-pyrrole nitrogens is 1. The van der Waals surface area contributed by atoms with E-state index >= 15 is 0 Å². The Bertz CT molecular complexity index is 495. The summed E-state index contributed by atoms with van der Waals surface area (Å²) < 4.78 is 5.21. The molecule has 18 heavy (non-hydrogen) atoms. The Morgan fingerprint density at radius 3 is 3.11 bits per heavy atom. The highest BCUT2D eigenvalue weighted by Gasteiger charge is 2.06. The summed E-state index contributed by atoms with van der Waals surface area (Å²) in [6, 6.07) is 8.01. The van der Waals surface area contributed by atoms with Crippen LogP contribution in [0.15, 0.2) is 30.5 Å². The van der Waals surface area contributed by atoms with Crippen molar-refractivity contribution in [3.63, 3.8) is 0 Å². The maximum atomic E-state index is 5.48. The van der Waals surface area contributed by atoms with Crippen molar-refractivity contribution >= 4 is 5.69 Å². The van der Waals surface area contributed by atoms with E-state index < -0.39 is 0 Å². The molecule has 0 bridgehead atoms. The molecule has 2 rings (SSSR count). The van der Waals surface area contributed by atoms with Crippen LogP contribution in [0.2, 0.25) is 0 Å². The van der Waals surface area contributed by atoms with Gasteiger partial charge >= 0.3 is 0 Å². The molecule has 0 radical (unpaired) electrons. The summed E-state index contributed by atoms with van der Waals surface area (Å²) in [5.41, 5.74) is 8.71. The number of ether oxygens (including phenoxy) is 1. The zero-order chi connectivity index (χ0) is 12.8. The molecule has 96 valence electrons. The van der Waals surface area contributed by atoms with Gasteiger partial charge in [-0.2, -0.15) is 5.10 Å². The number of nitrogens with one attached hydrogen (secondary N) is 2. The van der Waals surface area contributed by atoms with Crippen LogP contribution in [-0.4, -0.2) is 30.4 Å². The second-order valence-corrected chi connectivity index (χ2v) is 4.01. The van der Waals surface area contributed by atoms with Crippen molar-refractivity contribution in [2.45, 2.75) is 6.42 Å². The van der Waals surface area contributed by atoms with Crippen LogP contribution in [0.1, 0.15) is 11.3 Å². The lowest BCUT2D eigenvalue weighted by Gasteiger charge is -2.06. The number of aromatic amines is 1. The van der Waals surface area contributed by atoms with Crippen molar-refractivity contribution in [2.24, 2.45) is 5.73 Å². The highest BCUT2D eigenvalue weighted by atomic mass is 16.5. The van der Waals surface area contributed by atoms with Gasteiger partial charge in [0.05, 0.1) is 24.7 Å². The van der Waals surface area contributed by atoms with Crippen LogP contribution >= 0.6 is 0 Å². The number of hydrogen-bond donors (Lipinski definition) is 3. The lowest BCUT2D eigenvalue weighted by atomic mass is 10.1. The number of methoxy groups -OCH3 is 1. The highest BCUT2D eigenvalue weighted by Crippen LogP contribution is 2.19. The van der Waals surface area contributed by atoms with Gasteiger partial charge in [-0.1, -0.05) is 12.1 Å². The zero-order valence-electron chi connectivity index (χ0n) is 10.4. The van der Waals surface area contributed by atoms with Crippen LogP contribution < -0.4 is 15.8 Å². The monoisotopic (exact) mass is 246 g/mol. The number of aromatic nitrogens is 2. The Hall–Kier alpha value is -2.01. The fourth-order valence-electron chi connectivity index (χ4n) is 1.79. The summed E-state index contributed by atoms with van der Waals surface area (Å²) in [5, 5.41) is 10.3. The molecule has 0 saturated heterocycles. The summed E-state index contributed by atoms with van der Waals surface area (Å²) in [7, 11) is 1.67. The van der Waals surface area contributed by atoms with Gasteiger partial charge in [0.15, 0.2) is 0 Å². The number of hydrogen-bond acceptors (Lipinski definition) is 4. The molecule has 0 atom stereocenters. The third-order valence-electron chi connectivity index (χ3n) is 2.69. The van der Waals surface area contributed by atoms with Crippen LogP contribution in [-0.2, 0) is 6.42 Å². The minimum atomic E-state index is 0.601. The summed E-state index contributed by atoms with van der Waals surface area (Å²) >= 11 is 0. The predicted molar refractivity (Wildman–Crippen MR) is 71.9 cm³/mol. The Morgan fingerprint density at radius 1 is 1.44 bits per heavy atom. The molecule has 1 aromatic carbocycles. The quantitative estimate of drug-likeness (QED) is 0.719. The first-order valence-electron chi connectivity index (χ1n) is 5.92. The summed E-state index contributed by atoms with van der Waals surface area (Å²) in [4.78, 5) is 0. The molecule has 0 aliphatic carbocycles. The van der Waals surface area contributed by atoms with Gasteiger partial charge in [-0.3, -0.25) is 5.10 Å². The summed E-state index contributed by atoms with van der Waals surface area (Å²) in [6.45, 7) is 1.34. The van der Waals surface area contributed by atoms with Crippen LogP contribution in [0.25, 0.3) is 0 Å². The Balaban J connectivity index is 2.10. The maximum Gasteiger partial charge on any atom is 0.119 e. The molecule has 5 nitrogen and oxygen atoms in total.